The largest absolute Gasteiger partial charge is 0.348 e. The van der Waals surface area contributed by atoms with Gasteiger partial charge in [0.2, 0.25) is 0 Å². The van der Waals surface area contributed by atoms with Crippen LogP contribution in [0.4, 0.5) is 5.13 Å². The first-order chi connectivity index (χ1) is 7.24. The Morgan fingerprint density at radius 1 is 1.73 bits per heavy atom. The van der Waals surface area contributed by atoms with Crippen LogP contribution >= 0.6 is 22.9 Å². The van der Waals surface area contributed by atoms with Gasteiger partial charge in [-0.2, -0.15) is 5.26 Å². The molecule has 2 heterocycles. The number of nitrogens with zero attached hydrogens (tertiary/aromatic N) is 3. The Labute approximate surface area is 97.3 Å². The highest BCUT2D eigenvalue weighted by molar-refractivity contribution is 7.16. The van der Waals surface area contributed by atoms with Crippen molar-refractivity contribution in [2.45, 2.75) is 6.42 Å². The van der Waals surface area contributed by atoms with Crippen molar-refractivity contribution in [1.29, 1.82) is 5.26 Å². The molecule has 1 aromatic heterocycles. The molecule has 80 valence electrons. The van der Waals surface area contributed by atoms with Crippen molar-refractivity contribution in [3.05, 3.63) is 10.0 Å². The van der Waals surface area contributed by atoms with Gasteiger partial charge in [0.05, 0.1) is 0 Å². The van der Waals surface area contributed by atoms with E-state index in [4.69, 9.17) is 22.6 Å². The molecule has 1 aliphatic rings. The number of hydrogen-bond acceptors (Lipinski definition) is 5. The normalized spacial score (nSPS) is 20.6. The Balaban J connectivity index is 2.14. The van der Waals surface area contributed by atoms with Gasteiger partial charge in [0.1, 0.15) is 10.9 Å². The number of aromatic nitrogens is 1. The van der Waals surface area contributed by atoms with Gasteiger partial charge in [0.15, 0.2) is 10.3 Å². The van der Waals surface area contributed by atoms with Crippen LogP contribution in [0, 0.1) is 17.2 Å². The molecule has 0 spiro atoms. The van der Waals surface area contributed by atoms with Crippen LogP contribution in [0.5, 0.6) is 0 Å². The molecule has 0 amide bonds. The van der Waals surface area contributed by atoms with Crippen molar-refractivity contribution < 1.29 is 0 Å². The lowest BCUT2D eigenvalue weighted by Crippen LogP contribution is -2.22. The summed E-state index contributed by atoms with van der Waals surface area (Å²) in [5, 5.41) is 9.92. The lowest BCUT2D eigenvalue weighted by atomic mass is 10.1. The fraction of sp³-hybridized carbons (Fsp3) is 0.556. The van der Waals surface area contributed by atoms with Crippen LogP contribution in [0.25, 0.3) is 0 Å². The molecule has 1 aromatic rings. The van der Waals surface area contributed by atoms with E-state index in [1.807, 2.05) is 6.07 Å². The van der Waals surface area contributed by atoms with E-state index in [0.717, 1.165) is 24.6 Å². The fourth-order valence-corrected chi connectivity index (χ4v) is 2.77. The predicted octanol–water partition coefficient (Wildman–Crippen LogP) is 1.45. The summed E-state index contributed by atoms with van der Waals surface area (Å²) in [6.07, 6.45) is 1.09. The number of nitrogens with two attached hydrogens (primary N) is 1. The standard InChI is InChI=1S/C9H11ClN4S/c10-8-7(4-12)15-9(13-8)14-2-1-6(3-11)5-14/h6H,1-3,5,11H2. The van der Waals surface area contributed by atoms with Gasteiger partial charge in [-0.3, -0.25) is 0 Å². The second kappa shape index (κ2) is 4.35. The zero-order valence-electron chi connectivity index (χ0n) is 8.11. The summed E-state index contributed by atoms with van der Waals surface area (Å²) < 4.78 is 0. The molecule has 0 radical (unpaired) electrons. The summed E-state index contributed by atoms with van der Waals surface area (Å²) >= 11 is 7.17. The molecule has 0 saturated carbocycles. The van der Waals surface area contributed by atoms with E-state index in [1.54, 1.807) is 0 Å². The maximum atomic E-state index is 8.77. The molecule has 0 bridgehead atoms. The van der Waals surface area contributed by atoms with Crippen molar-refractivity contribution in [2.75, 3.05) is 24.5 Å². The maximum Gasteiger partial charge on any atom is 0.188 e. The zero-order valence-corrected chi connectivity index (χ0v) is 9.68. The van der Waals surface area contributed by atoms with E-state index in [-0.39, 0.29) is 0 Å². The average Bonchev–Trinajstić information content (AvgIpc) is 2.83. The lowest BCUT2D eigenvalue weighted by molar-refractivity contribution is 0.602. The first-order valence-corrected chi connectivity index (χ1v) is 5.95. The number of thiazole rings is 1. The van der Waals surface area contributed by atoms with Crippen molar-refractivity contribution in [3.63, 3.8) is 0 Å². The molecule has 4 nitrogen and oxygen atoms in total. The molecule has 0 aliphatic carbocycles. The van der Waals surface area contributed by atoms with E-state index in [2.05, 4.69) is 9.88 Å². The van der Waals surface area contributed by atoms with Crippen LogP contribution in [-0.2, 0) is 0 Å². The second-order valence-corrected chi connectivity index (χ2v) is 4.90. The minimum Gasteiger partial charge on any atom is -0.348 e. The minimum absolute atomic E-state index is 0.314. The van der Waals surface area contributed by atoms with Crippen LogP contribution in [0.2, 0.25) is 5.15 Å². The second-order valence-electron chi connectivity index (χ2n) is 3.56. The number of nitriles is 1. The molecule has 15 heavy (non-hydrogen) atoms. The van der Waals surface area contributed by atoms with E-state index >= 15 is 0 Å². The van der Waals surface area contributed by atoms with Gasteiger partial charge in [-0.1, -0.05) is 22.9 Å². The Morgan fingerprint density at radius 3 is 3.07 bits per heavy atom. The molecule has 6 heteroatoms. The molecule has 0 aromatic carbocycles. The third-order valence-corrected chi connectivity index (χ3v) is 3.97. The molecule has 1 saturated heterocycles. The Morgan fingerprint density at radius 2 is 2.53 bits per heavy atom. The molecule has 1 aliphatic heterocycles. The number of halogens is 1. The summed E-state index contributed by atoms with van der Waals surface area (Å²) in [4.78, 5) is 6.82. The maximum absolute atomic E-state index is 8.77. The minimum atomic E-state index is 0.314. The summed E-state index contributed by atoms with van der Waals surface area (Å²) in [6, 6.07) is 2.04. The molecule has 1 atom stereocenters. The van der Waals surface area contributed by atoms with Crippen LogP contribution < -0.4 is 10.6 Å². The van der Waals surface area contributed by atoms with E-state index in [0.29, 0.717) is 22.5 Å². The van der Waals surface area contributed by atoms with Crippen molar-refractivity contribution >= 4 is 28.1 Å². The van der Waals surface area contributed by atoms with Gasteiger partial charge in [-0.15, -0.1) is 0 Å². The molecular formula is C9H11ClN4S. The summed E-state index contributed by atoms with van der Waals surface area (Å²) in [7, 11) is 0. The third-order valence-electron chi connectivity index (χ3n) is 2.57. The topological polar surface area (TPSA) is 65.9 Å². The Kier molecular flexibility index (Phi) is 3.10. The summed E-state index contributed by atoms with van der Waals surface area (Å²) in [5.41, 5.74) is 5.61. The SMILES string of the molecule is N#Cc1sc(N2CCC(CN)C2)nc1Cl. The number of hydrogen-bond donors (Lipinski definition) is 1. The first-order valence-electron chi connectivity index (χ1n) is 4.76. The van der Waals surface area contributed by atoms with Crippen LogP contribution in [0.1, 0.15) is 11.3 Å². The van der Waals surface area contributed by atoms with Gasteiger partial charge in [0.25, 0.3) is 0 Å². The highest BCUT2D eigenvalue weighted by atomic mass is 35.5. The molecular weight excluding hydrogens is 232 g/mol. The summed E-state index contributed by atoms with van der Waals surface area (Å²) in [5.74, 6) is 0.540. The highest BCUT2D eigenvalue weighted by Crippen LogP contribution is 2.31. The van der Waals surface area contributed by atoms with Crippen molar-refractivity contribution in [3.8, 4) is 6.07 Å². The van der Waals surface area contributed by atoms with Gasteiger partial charge in [0, 0.05) is 13.1 Å². The molecule has 2 rings (SSSR count). The number of anilines is 1. The smallest absolute Gasteiger partial charge is 0.188 e. The molecule has 2 N–H and O–H groups in total. The van der Waals surface area contributed by atoms with E-state index < -0.39 is 0 Å². The van der Waals surface area contributed by atoms with Gasteiger partial charge in [-0.25, -0.2) is 4.98 Å². The van der Waals surface area contributed by atoms with Crippen LogP contribution in [0.3, 0.4) is 0 Å². The van der Waals surface area contributed by atoms with Gasteiger partial charge in [-0.05, 0) is 18.9 Å². The first kappa shape index (κ1) is 10.7. The lowest BCUT2D eigenvalue weighted by Gasteiger charge is -2.13. The Hall–Kier alpha value is -0.830. The van der Waals surface area contributed by atoms with E-state index in [9.17, 15) is 0 Å². The fourth-order valence-electron chi connectivity index (χ4n) is 1.69. The number of rotatable bonds is 2. The molecule has 1 fully saturated rings. The average molecular weight is 243 g/mol. The van der Waals surface area contributed by atoms with Gasteiger partial charge < -0.3 is 10.6 Å². The zero-order chi connectivity index (χ0) is 10.8. The predicted molar refractivity (Wildman–Crippen MR) is 61.2 cm³/mol. The van der Waals surface area contributed by atoms with E-state index in [1.165, 1.54) is 11.3 Å². The quantitative estimate of drug-likeness (QED) is 0.853. The van der Waals surface area contributed by atoms with Crippen molar-refractivity contribution in [1.82, 2.24) is 4.98 Å². The molecule has 1 unspecified atom stereocenters. The third kappa shape index (κ3) is 2.07. The van der Waals surface area contributed by atoms with Crippen LogP contribution in [0.15, 0.2) is 0 Å². The van der Waals surface area contributed by atoms with Crippen LogP contribution in [-0.4, -0.2) is 24.6 Å². The monoisotopic (exact) mass is 242 g/mol. The highest BCUT2D eigenvalue weighted by Gasteiger charge is 2.24. The van der Waals surface area contributed by atoms with Gasteiger partial charge >= 0.3 is 0 Å². The summed E-state index contributed by atoms with van der Waals surface area (Å²) in [6.45, 7) is 2.59. The van der Waals surface area contributed by atoms with Crippen molar-refractivity contribution in [2.24, 2.45) is 11.7 Å². The Bertz CT molecular complexity index is 397.